The first kappa shape index (κ1) is 33.7. The Morgan fingerprint density at radius 3 is 2.02 bits per heavy atom. The monoisotopic (exact) mass is 614 g/mol. The van der Waals surface area contributed by atoms with E-state index in [1.54, 1.807) is 20.8 Å². The van der Waals surface area contributed by atoms with Crippen molar-refractivity contribution >= 4 is 41.0 Å². The summed E-state index contributed by atoms with van der Waals surface area (Å²) in [6.07, 6.45) is -1.09. The van der Waals surface area contributed by atoms with Gasteiger partial charge in [0.1, 0.15) is 17.7 Å². The Kier molecular flexibility index (Phi) is 8.44. The second kappa shape index (κ2) is 11.0. The average molecular weight is 615 g/mol. The van der Waals surface area contributed by atoms with Gasteiger partial charge in [0.05, 0.1) is 11.3 Å². The molecule has 4 aliphatic rings. The van der Waals surface area contributed by atoms with Gasteiger partial charge in [0, 0.05) is 66.9 Å². The van der Waals surface area contributed by atoms with Crippen LogP contribution in [0.4, 0.5) is 0 Å². The quantitative estimate of drug-likeness (QED) is 0.387. The lowest BCUT2D eigenvalue weighted by Crippen LogP contribution is -2.65. The number of carboxylic acid groups (broad SMARTS) is 1. The Balaban J connectivity index is 1.87. The van der Waals surface area contributed by atoms with Crippen LogP contribution in [0.3, 0.4) is 0 Å². The number of fused-ring (bicyclic) bond motifs is 4. The van der Waals surface area contributed by atoms with E-state index in [1.165, 1.54) is 20.8 Å². The second-order valence-electron chi connectivity index (χ2n) is 15.0. The molecule has 0 aromatic rings. The number of hydrogen-bond acceptors (Lipinski definition) is 9. The van der Waals surface area contributed by atoms with Gasteiger partial charge in [-0.25, -0.2) is 0 Å². The third kappa shape index (κ3) is 4.78. The van der Waals surface area contributed by atoms with Crippen molar-refractivity contribution in [2.75, 3.05) is 0 Å². The largest absolute Gasteiger partial charge is 0.481 e. The van der Waals surface area contributed by atoms with E-state index in [4.69, 9.17) is 9.47 Å². The normalized spacial score (nSPS) is 37.3. The summed E-state index contributed by atoms with van der Waals surface area (Å²) in [5.74, 6) is -5.84. The number of carbonyl (C=O) groups excluding carboxylic acids is 6. The van der Waals surface area contributed by atoms with Crippen LogP contribution < -0.4 is 0 Å². The fraction of sp³-hybridized carbons (Fsp3) is 0.735. The zero-order chi connectivity index (χ0) is 33.3. The third-order valence-corrected chi connectivity index (χ3v) is 12.0. The molecule has 242 valence electrons. The number of carboxylic acids is 1. The third-order valence-electron chi connectivity index (χ3n) is 12.0. The predicted molar refractivity (Wildman–Crippen MR) is 157 cm³/mol. The molecule has 9 atom stereocenters. The highest BCUT2D eigenvalue weighted by molar-refractivity contribution is 6.18. The minimum absolute atomic E-state index is 0.0203. The van der Waals surface area contributed by atoms with E-state index in [1.807, 2.05) is 20.8 Å². The Morgan fingerprint density at radius 2 is 1.48 bits per heavy atom. The summed E-state index contributed by atoms with van der Waals surface area (Å²) in [5.41, 5.74) is -3.87. The van der Waals surface area contributed by atoms with Gasteiger partial charge in [-0.2, -0.15) is 0 Å². The summed E-state index contributed by atoms with van der Waals surface area (Å²) in [7, 11) is 0. The molecule has 0 radical (unpaired) electrons. The molecular formula is C34H46O10. The standard InChI is InChI=1S/C34H46O10/c1-16(12-20(37)13-17(2)30(41)42)21-14-24(39)34(9)26-22(38)15-23-31(5,6)25(43-18(3)35)10-11-32(23,7)27(26)28(40)29(33(21,34)8)44-19(4)36/h16-17,21,23,25,29H,10-15H2,1-9H3,(H,41,42)/t16-,17?,21-,23+,25+,29-,32+,33+,34+/m1/s1. The number of ketones is 4. The fourth-order valence-electron chi connectivity index (χ4n) is 9.57. The highest BCUT2D eigenvalue weighted by Gasteiger charge is 2.74. The fourth-order valence-corrected chi connectivity index (χ4v) is 9.57. The van der Waals surface area contributed by atoms with Gasteiger partial charge in [0.25, 0.3) is 0 Å². The molecule has 0 spiro atoms. The molecule has 4 rings (SSSR count). The molecule has 0 amide bonds. The van der Waals surface area contributed by atoms with Gasteiger partial charge in [-0.1, -0.05) is 41.5 Å². The lowest BCUT2D eigenvalue weighted by atomic mass is 9.42. The number of carbonyl (C=O) groups is 7. The summed E-state index contributed by atoms with van der Waals surface area (Å²) >= 11 is 0. The maximum absolute atomic E-state index is 14.8. The van der Waals surface area contributed by atoms with Crippen molar-refractivity contribution in [3.8, 4) is 0 Å². The molecule has 4 aliphatic carbocycles. The molecule has 0 heterocycles. The first-order valence-electron chi connectivity index (χ1n) is 15.6. The van der Waals surface area contributed by atoms with Gasteiger partial charge in [-0.3, -0.25) is 33.6 Å². The highest BCUT2D eigenvalue weighted by Crippen LogP contribution is 2.70. The van der Waals surface area contributed by atoms with Gasteiger partial charge in [0.15, 0.2) is 11.9 Å². The number of esters is 2. The summed E-state index contributed by atoms with van der Waals surface area (Å²) in [6.45, 7) is 15.0. The van der Waals surface area contributed by atoms with E-state index in [2.05, 4.69) is 0 Å². The maximum atomic E-state index is 14.8. The number of hydrogen-bond donors (Lipinski definition) is 1. The van der Waals surface area contributed by atoms with Crippen LogP contribution in [0.2, 0.25) is 0 Å². The second-order valence-corrected chi connectivity index (χ2v) is 15.0. The molecule has 10 nitrogen and oxygen atoms in total. The summed E-state index contributed by atoms with van der Waals surface area (Å²) in [4.78, 5) is 92.0. The van der Waals surface area contributed by atoms with Crippen molar-refractivity contribution in [1.29, 1.82) is 0 Å². The minimum Gasteiger partial charge on any atom is -0.481 e. The minimum atomic E-state index is -1.46. The van der Waals surface area contributed by atoms with Gasteiger partial charge < -0.3 is 14.6 Å². The van der Waals surface area contributed by atoms with E-state index in [-0.39, 0.29) is 60.1 Å². The van der Waals surface area contributed by atoms with E-state index >= 15 is 0 Å². The van der Waals surface area contributed by atoms with Crippen molar-refractivity contribution < 1.29 is 48.1 Å². The molecule has 0 bridgehead atoms. The summed E-state index contributed by atoms with van der Waals surface area (Å²) in [5, 5.41) is 9.27. The van der Waals surface area contributed by atoms with E-state index in [0.717, 1.165) is 0 Å². The number of allylic oxidation sites excluding steroid dienone is 1. The Bertz CT molecular complexity index is 1370. The molecule has 0 aromatic carbocycles. The number of aliphatic carboxylic acids is 1. The average Bonchev–Trinajstić information content (AvgIpc) is 3.11. The van der Waals surface area contributed by atoms with Crippen LogP contribution in [0.25, 0.3) is 0 Å². The van der Waals surface area contributed by atoms with Crippen LogP contribution in [0.5, 0.6) is 0 Å². The maximum Gasteiger partial charge on any atom is 0.306 e. The van der Waals surface area contributed by atoms with Crippen LogP contribution >= 0.6 is 0 Å². The van der Waals surface area contributed by atoms with Crippen LogP contribution in [-0.2, 0) is 43.0 Å². The first-order valence-corrected chi connectivity index (χ1v) is 15.6. The van der Waals surface area contributed by atoms with Gasteiger partial charge in [-0.15, -0.1) is 0 Å². The molecule has 0 aromatic heterocycles. The molecule has 1 N–H and O–H groups in total. The molecule has 0 aliphatic heterocycles. The topological polar surface area (TPSA) is 158 Å². The lowest BCUT2D eigenvalue weighted by Gasteiger charge is -2.61. The SMILES string of the molecule is CC(=O)O[C@H]1CC[C@]2(C)C3=C(C(=O)C[C@H]2C1(C)C)[C@]1(C)C(=O)C[C@H]([C@H](C)CC(=O)CC(C)C(=O)O)[C@@]1(C)[C@H](OC(C)=O)C3=O. The van der Waals surface area contributed by atoms with E-state index < -0.39 is 75.3 Å². The molecule has 0 saturated heterocycles. The number of ether oxygens (including phenoxy) is 2. The molecular weight excluding hydrogens is 568 g/mol. The Hall–Kier alpha value is -3.17. The van der Waals surface area contributed by atoms with Crippen molar-refractivity contribution in [3.63, 3.8) is 0 Å². The predicted octanol–water partition coefficient (Wildman–Crippen LogP) is 4.45. The lowest BCUT2D eigenvalue weighted by molar-refractivity contribution is -0.179. The van der Waals surface area contributed by atoms with E-state index in [9.17, 15) is 38.7 Å². The zero-order valence-corrected chi connectivity index (χ0v) is 27.3. The smallest absolute Gasteiger partial charge is 0.306 e. The molecule has 2 saturated carbocycles. The zero-order valence-electron chi connectivity index (χ0n) is 27.3. The van der Waals surface area contributed by atoms with Crippen molar-refractivity contribution in [2.45, 2.75) is 113 Å². The van der Waals surface area contributed by atoms with Crippen LogP contribution in [-0.4, -0.2) is 58.4 Å². The summed E-state index contributed by atoms with van der Waals surface area (Å²) in [6, 6.07) is 0. The summed E-state index contributed by atoms with van der Waals surface area (Å²) < 4.78 is 11.5. The molecule has 10 heteroatoms. The van der Waals surface area contributed by atoms with Gasteiger partial charge in [0.2, 0.25) is 5.78 Å². The van der Waals surface area contributed by atoms with Crippen LogP contribution in [0.1, 0.15) is 101 Å². The molecule has 2 fully saturated rings. The van der Waals surface area contributed by atoms with Crippen molar-refractivity contribution in [2.24, 2.45) is 45.3 Å². The van der Waals surface area contributed by atoms with Crippen molar-refractivity contribution in [3.05, 3.63) is 11.1 Å². The van der Waals surface area contributed by atoms with Crippen molar-refractivity contribution in [1.82, 2.24) is 0 Å². The van der Waals surface area contributed by atoms with Gasteiger partial charge in [-0.05, 0) is 37.5 Å². The highest BCUT2D eigenvalue weighted by atomic mass is 16.6. The van der Waals surface area contributed by atoms with Gasteiger partial charge >= 0.3 is 17.9 Å². The molecule has 44 heavy (non-hydrogen) atoms. The number of rotatable bonds is 8. The number of Topliss-reactive ketones (excluding diaryl/α,β-unsaturated/α-hetero) is 4. The first-order chi connectivity index (χ1) is 20.1. The van der Waals surface area contributed by atoms with Crippen LogP contribution in [0.15, 0.2) is 11.1 Å². The van der Waals surface area contributed by atoms with Crippen LogP contribution in [0, 0.1) is 45.3 Å². The van der Waals surface area contributed by atoms with E-state index in [0.29, 0.717) is 12.8 Å². The Morgan fingerprint density at radius 1 is 0.886 bits per heavy atom. The Labute approximate surface area is 258 Å². The molecule has 1 unspecified atom stereocenters.